The van der Waals surface area contributed by atoms with Gasteiger partial charge in [-0.2, -0.15) is 5.10 Å². The maximum Gasteiger partial charge on any atom is 0.311 e. The van der Waals surface area contributed by atoms with Crippen LogP contribution in [0.4, 0.5) is 5.69 Å². The molecule has 0 aliphatic carbocycles. The summed E-state index contributed by atoms with van der Waals surface area (Å²) in [5, 5.41) is 23.9. The summed E-state index contributed by atoms with van der Waals surface area (Å²) >= 11 is 0. The van der Waals surface area contributed by atoms with Crippen molar-refractivity contribution in [1.82, 2.24) is 5.43 Å². The van der Waals surface area contributed by atoms with E-state index in [-0.39, 0.29) is 6.61 Å². The number of hydrogen-bond donors (Lipinski definition) is 2. The Morgan fingerprint density at radius 3 is 2.81 bits per heavy atom. The Bertz CT molecular complexity index is 849. The van der Waals surface area contributed by atoms with Gasteiger partial charge in [0.05, 0.1) is 11.1 Å². The van der Waals surface area contributed by atoms with Crippen LogP contribution < -0.4 is 10.2 Å². The van der Waals surface area contributed by atoms with Gasteiger partial charge in [0, 0.05) is 11.6 Å². The summed E-state index contributed by atoms with van der Waals surface area (Å²) in [7, 11) is 0. The fourth-order valence-corrected chi connectivity index (χ4v) is 2.24. The maximum absolute atomic E-state index is 11.8. The second kappa shape index (κ2) is 8.61. The van der Waals surface area contributed by atoms with Crippen LogP contribution in [0, 0.1) is 17.0 Å². The molecular formula is C18H19N3O5. The van der Waals surface area contributed by atoms with Crippen LogP contribution in [0.25, 0.3) is 0 Å². The molecule has 1 amide bonds. The largest absolute Gasteiger partial charge is 0.502 e. The van der Waals surface area contributed by atoms with Crippen molar-refractivity contribution in [2.75, 3.05) is 6.61 Å². The highest BCUT2D eigenvalue weighted by molar-refractivity contribution is 5.84. The summed E-state index contributed by atoms with van der Waals surface area (Å²) in [6, 6.07) is 9.54. The number of amides is 1. The third kappa shape index (κ3) is 5.30. The van der Waals surface area contributed by atoms with E-state index in [1.54, 1.807) is 0 Å². The first-order valence-corrected chi connectivity index (χ1v) is 7.91. The minimum Gasteiger partial charge on any atom is -0.502 e. The Morgan fingerprint density at radius 1 is 1.35 bits per heavy atom. The molecule has 0 saturated carbocycles. The highest BCUT2D eigenvalue weighted by atomic mass is 16.6. The molecule has 0 fully saturated rings. The molecule has 2 aromatic carbocycles. The fourth-order valence-electron chi connectivity index (χ4n) is 2.24. The molecule has 2 N–H and O–H groups in total. The summed E-state index contributed by atoms with van der Waals surface area (Å²) < 4.78 is 5.45. The number of aryl methyl sites for hydroxylation is 2. The normalized spacial score (nSPS) is 10.7. The van der Waals surface area contributed by atoms with E-state index in [4.69, 9.17) is 4.74 Å². The van der Waals surface area contributed by atoms with E-state index in [1.165, 1.54) is 18.3 Å². The zero-order chi connectivity index (χ0) is 19.1. The van der Waals surface area contributed by atoms with Crippen molar-refractivity contribution in [1.29, 1.82) is 0 Å². The van der Waals surface area contributed by atoms with E-state index in [1.807, 2.05) is 32.0 Å². The third-order valence-electron chi connectivity index (χ3n) is 3.49. The number of phenols is 1. The number of ether oxygens (including phenoxy) is 1. The van der Waals surface area contributed by atoms with Crippen LogP contribution in [0.5, 0.6) is 11.5 Å². The number of nitro benzene ring substituents is 1. The molecule has 0 unspecified atom stereocenters. The van der Waals surface area contributed by atoms with Gasteiger partial charge in [0.25, 0.3) is 5.91 Å². The first kappa shape index (κ1) is 18.9. The lowest BCUT2D eigenvalue weighted by Gasteiger charge is -2.08. The highest BCUT2D eigenvalue weighted by Crippen LogP contribution is 2.25. The number of nitrogens with zero attached hydrogens (tertiary/aromatic N) is 2. The summed E-state index contributed by atoms with van der Waals surface area (Å²) in [5.41, 5.74) is 4.37. The Kier molecular flexibility index (Phi) is 6.26. The number of nitrogens with one attached hydrogen (secondary N) is 1. The molecule has 0 atom stereocenters. The van der Waals surface area contributed by atoms with Gasteiger partial charge in [-0.3, -0.25) is 14.9 Å². The fraction of sp³-hybridized carbons (Fsp3) is 0.222. The molecule has 2 rings (SSSR count). The van der Waals surface area contributed by atoms with Gasteiger partial charge < -0.3 is 9.84 Å². The molecule has 0 saturated heterocycles. The number of rotatable bonds is 7. The van der Waals surface area contributed by atoms with Crippen molar-refractivity contribution >= 4 is 17.8 Å². The molecule has 0 radical (unpaired) electrons. The zero-order valence-electron chi connectivity index (χ0n) is 14.4. The Balaban J connectivity index is 1.91. The van der Waals surface area contributed by atoms with Gasteiger partial charge >= 0.3 is 5.69 Å². The Labute approximate surface area is 150 Å². The van der Waals surface area contributed by atoms with E-state index in [9.17, 15) is 20.0 Å². The van der Waals surface area contributed by atoms with Crippen molar-refractivity contribution in [2.24, 2.45) is 5.10 Å². The van der Waals surface area contributed by atoms with Gasteiger partial charge in [-0.05, 0) is 48.7 Å². The first-order chi connectivity index (χ1) is 12.4. The molecule has 136 valence electrons. The highest BCUT2D eigenvalue weighted by Gasteiger charge is 2.12. The van der Waals surface area contributed by atoms with Gasteiger partial charge in [-0.25, -0.2) is 5.43 Å². The second-order valence-corrected chi connectivity index (χ2v) is 5.59. The van der Waals surface area contributed by atoms with Crippen molar-refractivity contribution < 1.29 is 19.6 Å². The number of aromatic hydroxyl groups is 1. The van der Waals surface area contributed by atoms with Crippen LogP contribution in [-0.2, 0) is 11.2 Å². The second-order valence-electron chi connectivity index (χ2n) is 5.59. The Morgan fingerprint density at radius 2 is 2.12 bits per heavy atom. The molecule has 8 nitrogen and oxygen atoms in total. The third-order valence-corrected chi connectivity index (χ3v) is 3.49. The first-order valence-electron chi connectivity index (χ1n) is 7.91. The van der Waals surface area contributed by atoms with Crippen molar-refractivity contribution in [3.8, 4) is 11.5 Å². The van der Waals surface area contributed by atoms with E-state index >= 15 is 0 Å². The van der Waals surface area contributed by atoms with E-state index in [0.717, 1.165) is 23.6 Å². The van der Waals surface area contributed by atoms with Crippen LogP contribution in [0.15, 0.2) is 41.5 Å². The predicted molar refractivity (Wildman–Crippen MR) is 96.5 cm³/mol. The molecule has 0 aliphatic heterocycles. The molecule has 0 bridgehead atoms. The molecule has 8 heteroatoms. The number of carbonyl (C=O) groups is 1. The average molecular weight is 357 g/mol. The topological polar surface area (TPSA) is 114 Å². The molecule has 0 spiro atoms. The molecule has 2 aromatic rings. The van der Waals surface area contributed by atoms with Gasteiger partial charge in [0.15, 0.2) is 12.4 Å². The van der Waals surface area contributed by atoms with Crippen LogP contribution in [0.3, 0.4) is 0 Å². The van der Waals surface area contributed by atoms with Crippen LogP contribution in [-0.4, -0.2) is 28.8 Å². The summed E-state index contributed by atoms with van der Waals surface area (Å²) in [4.78, 5) is 21.8. The van der Waals surface area contributed by atoms with Gasteiger partial charge in [-0.1, -0.05) is 13.0 Å². The maximum atomic E-state index is 11.8. The smallest absolute Gasteiger partial charge is 0.311 e. The van der Waals surface area contributed by atoms with E-state index in [2.05, 4.69) is 10.5 Å². The van der Waals surface area contributed by atoms with E-state index < -0.39 is 22.3 Å². The number of hydrazone groups is 1. The quantitative estimate of drug-likeness (QED) is 0.449. The number of carbonyl (C=O) groups excluding carboxylic acids is 1. The lowest BCUT2D eigenvalue weighted by atomic mass is 10.1. The van der Waals surface area contributed by atoms with Gasteiger partial charge in [0.2, 0.25) is 0 Å². The zero-order valence-corrected chi connectivity index (χ0v) is 14.4. The average Bonchev–Trinajstić information content (AvgIpc) is 2.60. The van der Waals surface area contributed by atoms with Crippen molar-refractivity contribution in [3.63, 3.8) is 0 Å². The Hall–Kier alpha value is -3.42. The number of nitro groups is 1. The van der Waals surface area contributed by atoms with Gasteiger partial charge in [0.1, 0.15) is 5.75 Å². The number of benzene rings is 2. The van der Waals surface area contributed by atoms with Crippen LogP contribution in [0.2, 0.25) is 0 Å². The number of hydrogen-bond acceptors (Lipinski definition) is 6. The van der Waals surface area contributed by atoms with Crippen molar-refractivity contribution in [2.45, 2.75) is 20.3 Å². The molecule has 0 heterocycles. The summed E-state index contributed by atoms with van der Waals surface area (Å²) in [6.07, 6.45) is 2.11. The SMILES string of the molecule is CCc1cc(C)cc(OCC(=O)N/N=C/c2ccc(O)c([N+](=O)[O-])c2)c1. The molecule has 0 aliphatic rings. The number of phenolic OH excluding ortho intramolecular Hbond substituents is 1. The molecule has 26 heavy (non-hydrogen) atoms. The van der Waals surface area contributed by atoms with Gasteiger partial charge in [-0.15, -0.1) is 0 Å². The van der Waals surface area contributed by atoms with Crippen LogP contribution in [0.1, 0.15) is 23.6 Å². The van der Waals surface area contributed by atoms with Crippen molar-refractivity contribution in [3.05, 3.63) is 63.2 Å². The predicted octanol–water partition coefficient (Wildman–Crippen LogP) is 2.70. The summed E-state index contributed by atoms with van der Waals surface area (Å²) in [5.74, 6) is -0.293. The standard InChI is InChI=1S/C18H19N3O5/c1-3-13-6-12(2)7-15(8-13)26-11-18(23)20-19-10-14-4-5-17(22)16(9-14)21(24)25/h4-10,22H,3,11H2,1-2H3,(H,20,23)/b19-10+. The molecule has 0 aromatic heterocycles. The monoisotopic (exact) mass is 357 g/mol. The van der Waals surface area contributed by atoms with Crippen LogP contribution >= 0.6 is 0 Å². The minimum atomic E-state index is -0.703. The minimum absolute atomic E-state index is 0.209. The summed E-state index contributed by atoms with van der Waals surface area (Å²) in [6.45, 7) is 3.78. The van der Waals surface area contributed by atoms with E-state index in [0.29, 0.717) is 11.3 Å². The molecular weight excluding hydrogens is 338 g/mol. The lowest BCUT2D eigenvalue weighted by molar-refractivity contribution is -0.385. The lowest BCUT2D eigenvalue weighted by Crippen LogP contribution is -2.24.